The summed E-state index contributed by atoms with van der Waals surface area (Å²) in [6.07, 6.45) is 2.35. The minimum Gasteiger partial charge on any atom is -0.324 e. The number of carbonyl (C=O) groups is 3. The zero-order valence-electron chi connectivity index (χ0n) is 18.4. The zero-order chi connectivity index (χ0) is 24.1. The van der Waals surface area contributed by atoms with E-state index in [1.807, 2.05) is 73.7 Å². The Labute approximate surface area is 207 Å². The minimum atomic E-state index is -0.620. The molecule has 34 heavy (non-hydrogen) atoms. The van der Waals surface area contributed by atoms with E-state index >= 15 is 0 Å². The van der Waals surface area contributed by atoms with Crippen LogP contribution in [-0.4, -0.2) is 29.3 Å². The van der Waals surface area contributed by atoms with Gasteiger partial charge in [-0.3, -0.25) is 9.59 Å². The fraction of sp³-hybridized carbons (Fsp3) is 0.115. The van der Waals surface area contributed by atoms with E-state index in [-0.39, 0.29) is 12.2 Å². The molecule has 0 unspecified atom stereocenters. The number of hydrogen-bond donors (Lipinski definition) is 2. The third kappa shape index (κ3) is 5.68. The second-order valence-corrected chi connectivity index (χ2v) is 9.15. The van der Waals surface area contributed by atoms with Gasteiger partial charge in [-0.05, 0) is 66.1 Å². The Morgan fingerprint density at radius 3 is 2.32 bits per heavy atom. The highest BCUT2D eigenvalue weighted by molar-refractivity contribution is 7.99. The zero-order valence-corrected chi connectivity index (χ0v) is 20.0. The van der Waals surface area contributed by atoms with Crippen LogP contribution in [0.3, 0.4) is 0 Å². The van der Waals surface area contributed by atoms with Gasteiger partial charge in [-0.1, -0.05) is 60.6 Å². The number of anilines is 1. The van der Waals surface area contributed by atoms with Crippen LogP contribution in [0.4, 0.5) is 10.5 Å². The Balaban J connectivity index is 1.40. The largest absolute Gasteiger partial charge is 0.329 e. The van der Waals surface area contributed by atoms with Crippen LogP contribution < -0.4 is 10.6 Å². The van der Waals surface area contributed by atoms with E-state index in [0.717, 1.165) is 32.2 Å². The average Bonchev–Trinajstić information content (AvgIpc) is 3.09. The number of nitrogens with zero attached hydrogens (tertiary/aromatic N) is 1. The van der Waals surface area contributed by atoms with E-state index in [1.54, 1.807) is 23.9 Å². The minimum absolute atomic E-state index is 0.130. The Hall–Kier alpha value is -3.55. The maximum atomic E-state index is 12.7. The normalized spacial score (nSPS) is 14.4. The van der Waals surface area contributed by atoms with E-state index in [4.69, 9.17) is 11.6 Å². The molecular weight excluding hydrogens is 470 g/mol. The second kappa shape index (κ2) is 10.6. The van der Waals surface area contributed by atoms with Gasteiger partial charge >= 0.3 is 6.03 Å². The topological polar surface area (TPSA) is 78.5 Å². The molecule has 0 radical (unpaired) electrons. The molecule has 0 bridgehead atoms. The van der Waals surface area contributed by atoms with Gasteiger partial charge in [-0.15, -0.1) is 0 Å². The molecule has 0 atom stereocenters. The van der Waals surface area contributed by atoms with Gasteiger partial charge in [0.25, 0.3) is 5.91 Å². The van der Waals surface area contributed by atoms with Gasteiger partial charge in [-0.25, -0.2) is 9.69 Å². The van der Waals surface area contributed by atoms with Crippen LogP contribution in [0.2, 0.25) is 5.02 Å². The molecule has 0 saturated carbocycles. The Morgan fingerprint density at radius 2 is 1.65 bits per heavy atom. The van der Waals surface area contributed by atoms with Gasteiger partial charge in [0.05, 0.1) is 0 Å². The molecule has 2 N–H and O–H groups in total. The van der Waals surface area contributed by atoms with Crippen molar-refractivity contribution >= 4 is 53.0 Å². The number of rotatable bonds is 7. The molecule has 0 aromatic heterocycles. The van der Waals surface area contributed by atoms with Crippen LogP contribution in [0, 0.1) is 0 Å². The summed E-state index contributed by atoms with van der Waals surface area (Å²) < 4.78 is 0. The Kier molecular flexibility index (Phi) is 7.35. The van der Waals surface area contributed by atoms with Crippen LogP contribution in [0.25, 0.3) is 6.08 Å². The maximum absolute atomic E-state index is 12.7. The number of hydrogen-bond acceptors (Lipinski definition) is 4. The standard InChI is InChI=1S/C26H22ClN3O3S/c1-2-18-5-3-4-6-22(18)28-24(31)16-30-25(32)23(29-26(30)33)15-17-7-11-20(12-8-17)34-21-13-9-19(27)10-14-21/h3-15H,2,16H2,1H3,(H,28,31)(H,29,33)/b23-15+. The lowest BCUT2D eigenvalue weighted by Gasteiger charge is -2.13. The van der Waals surface area contributed by atoms with Crippen molar-refractivity contribution in [2.24, 2.45) is 0 Å². The molecule has 3 aromatic carbocycles. The summed E-state index contributed by atoms with van der Waals surface area (Å²) in [6.45, 7) is 1.62. The number of urea groups is 1. The number of amides is 4. The summed E-state index contributed by atoms with van der Waals surface area (Å²) in [6, 6.07) is 22.0. The summed E-state index contributed by atoms with van der Waals surface area (Å²) in [5.74, 6) is -0.974. The van der Waals surface area contributed by atoms with E-state index in [9.17, 15) is 14.4 Å². The van der Waals surface area contributed by atoms with Gasteiger partial charge in [0, 0.05) is 20.5 Å². The predicted molar refractivity (Wildman–Crippen MR) is 135 cm³/mol. The SMILES string of the molecule is CCc1ccccc1NC(=O)CN1C(=O)N/C(=C/c2ccc(Sc3ccc(Cl)cc3)cc2)C1=O. The second-order valence-electron chi connectivity index (χ2n) is 7.56. The Bertz CT molecular complexity index is 1260. The van der Waals surface area contributed by atoms with Gasteiger partial charge in [0.15, 0.2) is 0 Å². The first kappa shape index (κ1) is 23.6. The highest BCUT2D eigenvalue weighted by atomic mass is 35.5. The Morgan fingerprint density at radius 1 is 1.00 bits per heavy atom. The molecule has 1 saturated heterocycles. The fourth-order valence-electron chi connectivity index (χ4n) is 3.44. The molecular formula is C26H22ClN3O3S. The van der Waals surface area contributed by atoms with Gasteiger partial charge < -0.3 is 10.6 Å². The van der Waals surface area contributed by atoms with Crippen molar-refractivity contribution in [3.63, 3.8) is 0 Å². The van der Waals surface area contributed by atoms with Crippen LogP contribution in [0.5, 0.6) is 0 Å². The van der Waals surface area contributed by atoms with Crippen molar-refractivity contribution in [3.05, 3.63) is 94.6 Å². The van der Waals surface area contributed by atoms with Crippen LogP contribution >= 0.6 is 23.4 Å². The molecule has 3 aromatic rings. The number of carbonyl (C=O) groups excluding carboxylic acids is 3. The molecule has 6 nitrogen and oxygen atoms in total. The molecule has 8 heteroatoms. The van der Waals surface area contributed by atoms with Crippen molar-refractivity contribution in [1.82, 2.24) is 10.2 Å². The molecule has 4 amide bonds. The lowest BCUT2D eigenvalue weighted by molar-refractivity contribution is -0.127. The van der Waals surface area contributed by atoms with Gasteiger partial charge in [0.1, 0.15) is 12.2 Å². The highest BCUT2D eigenvalue weighted by Gasteiger charge is 2.34. The number of imide groups is 1. The number of aryl methyl sites for hydroxylation is 1. The van der Waals surface area contributed by atoms with Crippen molar-refractivity contribution in [3.8, 4) is 0 Å². The summed E-state index contributed by atoms with van der Waals surface area (Å²) in [5.41, 5.74) is 2.54. The van der Waals surface area contributed by atoms with Crippen molar-refractivity contribution in [1.29, 1.82) is 0 Å². The molecule has 1 heterocycles. The van der Waals surface area contributed by atoms with Crippen molar-refractivity contribution < 1.29 is 14.4 Å². The van der Waals surface area contributed by atoms with Crippen LogP contribution in [-0.2, 0) is 16.0 Å². The monoisotopic (exact) mass is 491 g/mol. The maximum Gasteiger partial charge on any atom is 0.329 e. The molecule has 1 fully saturated rings. The lowest BCUT2D eigenvalue weighted by Crippen LogP contribution is -2.38. The molecule has 4 rings (SSSR count). The highest BCUT2D eigenvalue weighted by Crippen LogP contribution is 2.29. The average molecular weight is 492 g/mol. The predicted octanol–water partition coefficient (Wildman–Crippen LogP) is 5.59. The number of para-hydroxylation sites is 1. The quantitative estimate of drug-likeness (QED) is 0.334. The molecule has 172 valence electrons. The van der Waals surface area contributed by atoms with E-state index < -0.39 is 17.8 Å². The van der Waals surface area contributed by atoms with E-state index in [2.05, 4.69) is 10.6 Å². The number of nitrogens with one attached hydrogen (secondary N) is 2. The fourth-order valence-corrected chi connectivity index (χ4v) is 4.38. The lowest BCUT2D eigenvalue weighted by atomic mass is 10.1. The number of halogens is 1. The molecule has 1 aliphatic rings. The molecule has 0 aliphatic carbocycles. The molecule has 0 spiro atoms. The van der Waals surface area contributed by atoms with Gasteiger partial charge in [-0.2, -0.15) is 0 Å². The first-order valence-electron chi connectivity index (χ1n) is 10.7. The molecule has 1 aliphatic heterocycles. The van der Waals surface area contributed by atoms with Crippen LogP contribution in [0.1, 0.15) is 18.1 Å². The van der Waals surface area contributed by atoms with Crippen molar-refractivity contribution in [2.75, 3.05) is 11.9 Å². The first-order chi connectivity index (χ1) is 16.4. The third-order valence-corrected chi connectivity index (χ3v) is 6.44. The van der Waals surface area contributed by atoms with E-state index in [1.165, 1.54) is 0 Å². The van der Waals surface area contributed by atoms with Crippen molar-refractivity contribution in [2.45, 2.75) is 23.1 Å². The first-order valence-corrected chi connectivity index (χ1v) is 11.9. The van der Waals surface area contributed by atoms with Gasteiger partial charge in [0.2, 0.25) is 5.91 Å². The number of benzene rings is 3. The smallest absolute Gasteiger partial charge is 0.324 e. The van der Waals surface area contributed by atoms with Crippen LogP contribution in [0.15, 0.2) is 88.3 Å². The summed E-state index contributed by atoms with van der Waals surface area (Å²) >= 11 is 7.52. The summed E-state index contributed by atoms with van der Waals surface area (Å²) in [5, 5.41) is 6.02. The van der Waals surface area contributed by atoms with E-state index in [0.29, 0.717) is 10.7 Å². The summed E-state index contributed by atoms with van der Waals surface area (Å²) in [7, 11) is 0. The third-order valence-electron chi connectivity index (χ3n) is 5.18. The summed E-state index contributed by atoms with van der Waals surface area (Å²) in [4.78, 5) is 40.6.